The molecule has 2 rings (SSSR count). The van der Waals surface area contributed by atoms with Gasteiger partial charge in [-0.3, -0.25) is 4.72 Å². The van der Waals surface area contributed by atoms with Crippen molar-refractivity contribution in [1.29, 1.82) is 0 Å². The van der Waals surface area contributed by atoms with Crippen molar-refractivity contribution in [2.45, 2.75) is 11.3 Å². The number of rotatable bonds is 4. The number of hydrogen-bond acceptors (Lipinski definition) is 3. The summed E-state index contributed by atoms with van der Waals surface area (Å²) >= 11 is 6.15. The third-order valence-corrected chi connectivity index (χ3v) is 4.91. The number of nitrogens with one attached hydrogen (secondary N) is 1. The van der Waals surface area contributed by atoms with E-state index in [0.717, 1.165) is 12.1 Å². The zero-order valence-corrected chi connectivity index (χ0v) is 15.1. The molecule has 0 spiro atoms. The van der Waals surface area contributed by atoms with E-state index >= 15 is 0 Å². The molecule has 124 valence electrons. The molecule has 0 aromatic heterocycles. The topological polar surface area (TPSA) is 55.4 Å². The van der Waals surface area contributed by atoms with E-state index in [-0.39, 0.29) is 10.2 Å². The van der Waals surface area contributed by atoms with E-state index in [9.17, 15) is 21.6 Å². The van der Waals surface area contributed by atoms with E-state index in [1.165, 1.54) is 18.2 Å². The fraction of sp³-hybridized carbons (Fsp3) is 0.0769. The first-order chi connectivity index (χ1) is 10.6. The zero-order chi connectivity index (χ0) is 17.3. The Balaban J connectivity index is 2.43. The summed E-state index contributed by atoms with van der Waals surface area (Å²) in [4.78, 5) is -0.627. The summed E-state index contributed by atoms with van der Waals surface area (Å²) < 4.78 is 68.9. The van der Waals surface area contributed by atoms with Crippen LogP contribution in [-0.2, 0) is 10.0 Å². The van der Waals surface area contributed by atoms with Crippen LogP contribution >= 0.6 is 31.9 Å². The Kier molecular flexibility index (Phi) is 5.27. The lowest BCUT2D eigenvalue weighted by Gasteiger charge is -2.15. The van der Waals surface area contributed by atoms with Gasteiger partial charge in [0.05, 0.1) is 0 Å². The normalized spacial score (nSPS) is 12.0. The third kappa shape index (κ3) is 5.11. The molecule has 23 heavy (non-hydrogen) atoms. The van der Waals surface area contributed by atoms with Gasteiger partial charge in [0.1, 0.15) is 4.90 Å². The van der Waals surface area contributed by atoms with Gasteiger partial charge in [-0.05, 0) is 36.4 Å². The Labute approximate surface area is 147 Å². The van der Waals surface area contributed by atoms with Crippen molar-refractivity contribution in [3.8, 4) is 5.75 Å². The van der Waals surface area contributed by atoms with Crippen LogP contribution in [0.3, 0.4) is 0 Å². The van der Waals surface area contributed by atoms with Crippen molar-refractivity contribution in [1.82, 2.24) is 0 Å². The molecule has 4 nitrogen and oxygen atoms in total. The predicted octanol–water partition coefficient (Wildman–Crippen LogP) is 4.91. The molecule has 2 aromatic carbocycles. The quantitative estimate of drug-likeness (QED) is 0.684. The molecule has 0 saturated carbocycles. The Bertz CT molecular complexity index is 825. The Hall–Kier alpha value is -1.26. The van der Waals surface area contributed by atoms with Crippen LogP contribution in [-0.4, -0.2) is 14.8 Å². The standard InChI is InChI=1S/C13H8Br2F3NO3S/c14-8-2-1-3-10(6-8)19-23(20,21)12-5-4-9(15)7-11(12)22-13(16,17)18/h1-7,19H. The molecular weight excluding hydrogens is 467 g/mol. The molecule has 0 atom stereocenters. The minimum atomic E-state index is -5.01. The van der Waals surface area contributed by atoms with Gasteiger partial charge in [-0.2, -0.15) is 0 Å². The first-order valence-electron chi connectivity index (χ1n) is 5.90. The van der Waals surface area contributed by atoms with E-state index < -0.39 is 27.0 Å². The average molecular weight is 475 g/mol. The predicted molar refractivity (Wildman–Crippen MR) is 85.8 cm³/mol. The fourth-order valence-corrected chi connectivity index (χ4v) is 3.57. The number of sulfonamides is 1. The molecule has 10 heteroatoms. The smallest absolute Gasteiger partial charge is 0.404 e. The van der Waals surface area contributed by atoms with Crippen LogP contribution in [0.2, 0.25) is 0 Å². The Morgan fingerprint density at radius 2 is 1.65 bits per heavy atom. The van der Waals surface area contributed by atoms with E-state index in [1.807, 2.05) is 0 Å². The number of benzene rings is 2. The maximum absolute atomic E-state index is 12.5. The van der Waals surface area contributed by atoms with Crippen molar-refractivity contribution < 1.29 is 26.3 Å². The van der Waals surface area contributed by atoms with Gasteiger partial charge in [-0.15, -0.1) is 13.2 Å². The van der Waals surface area contributed by atoms with Crippen LogP contribution in [0.5, 0.6) is 5.75 Å². The molecule has 0 fully saturated rings. The van der Waals surface area contributed by atoms with E-state index in [1.54, 1.807) is 12.1 Å². The van der Waals surface area contributed by atoms with Crippen LogP contribution in [0.4, 0.5) is 18.9 Å². The summed E-state index contributed by atoms with van der Waals surface area (Å²) in [6.45, 7) is 0. The van der Waals surface area contributed by atoms with Crippen molar-refractivity contribution in [2.24, 2.45) is 0 Å². The van der Waals surface area contributed by atoms with Crippen molar-refractivity contribution in [3.63, 3.8) is 0 Å². The lowest BCUT2D eigenvalue weighted by molar-refractivity contribution is -0.275. The second-order valence-electron chi connectivity index (χ2n) is 4.25. The van der Waals surface area contributed by atoms with Crippen LogP contribution in [0, 0.1) is 0 Å². The number of alkyl halides is 3. The van der Waals surface area contributed by atoms with Gasteiger partial charge in [0, 0.05) is 14.6 Å². The molecule has 0 amide bonds. The molecule has 0 heterocycles. The molecule has 0 aliphatic carbocycles. The molecule has 0 radical (unpaired) electrons. The van der Waals surface area contributed by atoms with Crippen LogP contribution in [0.25, 0.3) is 0 Å². The maximum atomic E-state index is 12.5. The minimum Gasteiger partial charge on any atom is -0.404 e. The second-order valence-corrected chi connectivity index (χ2v) is 7.74. The molecule has 0 unspecified atom stereocenters. The van der Waals surface area contributed by atoms with E-state index in [0.29, 0.717) is 4.47 Å². The maximum Gasteiger partial charge on any atom is 0.573 e. The van der Waals surface area contributed by atoms with Crippen LogP contribution in [0.15, 0.2) is 56.3 Å². The highest BCUT2D eigenvalue weighted by Gasteiger charge is 2.34. The van der Waals surface area contributed by atoms with Gasteiger partial charge >= 0.3 is 6.36 Å². The first-order valence-corrected chi connectivity index (χ1v) is 8.97. The lowest BCUT2D eigenvalue weighted by Crippen LogP contribution is -2.21. The van der Waals surface area contributed by atoms with Crippen molar-refractivity contribution in [2.75, 3.05) is 4.72 Å². The largest absolute Gasteiger partial charge is 0.573 e. The molecule has 0 aliphatic heterocycles. The highest BCUT2D eigenvalue weighted by atomic mass is 79.9. The summed E-state index contributed by atoms with van der Waals surface area (Å²) in [6, 6.07) is 9.45. The average Bonchev–Trinajstić information content (AvgIpc) is 2.35. The monoisotopic (exact) mass is 473 g/mol. The van der Waals surface area contributed by atoms with E-state index in [2.05, 4.69) is 41.3 Å². The molecule has 0 bridgehead atoms. The molecule has 0 saturated heterocycles. The SMILES string of the molecule is O=S(=O)(Nc1cccc(Br)c1)c1ccc(Br)cc1OC(F)(F)F. The highest BCUT2D eigenvalue weighted by Crippen LogP contribution is 2.33. The highest BCUT2D eigenvalue weighted by molar-refractivity contribution is 9.10. The van der Waals surface area contributed by atoms with Crippen LogP contribution in [0.1, 0.15) is 0 Å². The van der Waals surface area contributed by atoms with Gasteiger partial charge in [0.2, 0.25) is 0 Å². The van der Waals surface area contributed by atoms with Gasteiger partial charge in [0.25, 0.3) is 10.0 Å². The van der Waals surface area contributed by atoms with Gasteiger partial charge in [-0.1, -0.05) is 37.9 Å². The zero-order valence-electron chi connectivity index (χ0n) is 11.1. The summed E-state index contributed by atoms with van der Waals surface area (Å²) in [6.07, 6.45) is -5.01. The van der Waals surface area contributed by atoms with Gasteiger partial charge in [-0.25, -0.2) is 8.42 Å². The second kappa shape index (κ2) is 6.70. The molecule has 0 aliphatic rings. The van der Waals surface area contributed by atoms with Crippen molar-refractivity contribution >= 4 is 47.6 Å². The van der Waals surface area contributed by atoms with E-state index in [4.69, 9.17) is 0 Å². The third-order valence-electron chi connectivity index (χ3n) is 2.50. The number of hydrogen-bond donors (Lipinski definition) is 1. The van der Waals surface area contributed by atoms with Gasteiger partial charge in [0.15, 0.2) is 5.75 Å². The summed E-state index contributed by atoms with van der Waals surface area (Å²) in [7, 11) is -4.27. The summed E-state index contributed by atoms with van der Waals surface area (Å²) in [5.74, 6) is -0.825. The fourth-order valence-electron chi connectivity index (χ4n) is 1.67. The van der Waals surface area contributed by atoms with Crippen molar-refractivity contribution in [3.05, 3.63) is 51.4 Å². The molecule has 2 aromatic rings. The molecule has 1 N–H and O–H groups in total. The summed E-state index contributed by atoms with van der Waals surface area (Å²) in [5.41, 5.74) is 0.195. The Morgan fingerprint density at radius 3 is 2.26 bits per heavy atom. The van der Waals surface area contributed by atoms with Gasteiger partial charge < -0.3 is 4.74 Å². The number of ether oxygens (including phenoxy) is 1. The molecular formula is C13H8Br2F3NO3S. The van der Waals surface area contributed by atoms with Crippen LogP contribution < -0.4 is 9.46 Å². The summed E-state index contributed by atoms with van der Waals surface area (Å²) in [5, 5.41) is 0. The number of anilines is 1. The lowest BCUT2D eigenvalue weighted by atomic mass is 10.3. The Morgan fingerprint density at radius 1 is 1.00 bits per heavy atom. The minimum absolute atomic E-state index is 0.195. The number of halogens is 5. The first kappa shape index (κ1) is 18.1.